The van der Waals surface area contributed by atoms with Crippen LogP contribution in [-0.2, 0) is 0 Å². The van der Waals surface area contributed by atoms with Gasteiger partial charge in [0.05, 0.1) is 22.5 Å². The number of hydrogen-bond donors (Lipinski definition) is 3. The monoisotopic (exact) mass is 577 g/mol. The smallest absolute Gasteiger partial charge is 0.259 e. The van der Waals surface area contributed by atoms with Crippen LogP contribution in [0.3, 0.4) is 0 Å². The van der Waals surface area contributed by atoms with Crippen molar-refractivity contribution in [3.63, 3.8) is 0 Å². The first-order chi connectivity index (χ1) is 20.9. The van der Waals surface area contributed by atoms with E-state index in [0.717, 1.165) is 6.07 Å². The maximum Gasteiger partial charge on any atom is 0.259 e. The number of aromatic nitrogens is 3. The number of para-hydroxylation sites is 2. The van der Waals surface area contributed by atoms with E-state index < -0.39 is 11.6 Å². The lowest BCUT2D eigenvalue weighted by atomic mass is 9.62. The predicted octanol–water partition coefficient (Wildman–Crippen LogP) is 8.16. The Labute approximate surface area is 246 Å². The Hall–Kier alpha value is -4.79. The molecule has 0 spiro atoms. The zero-order valence-electron chi connectivity index (χ0n) is 23.5. The number of carbonyl (C=O) groups is 1. The second kappa shape index (κ2) is 9.90. The fourth-order valence-electron chi connectivity index (χ4n) is 7.22. The number of carbonyl (C=O) groups excluding carboxylic acids is 1. The number of fused-ring (bicyclic) bond motifs is 6. The summed E-state index contributed by atoms with van der Waals surface area (Å²) in [6, 6.07) is 17.0. The summed E-state index contributed by atoms with van der Waals surface area (Å²) in [4.78, 5) is 25.7. The van der Waals surface area contributed by atoms with Crippen LogP contribution in [0, 0.1) is 29.4 Å². The maximum atomic E-state index is 14.6. The van der Waals surface area contributed by atoms with Gasteiger partial charge in [-0.15, -0.1) is 0 Å². The molecular formula is C34H29F2N5O2. The average molecular weight is 578 g/mol. The standard InChI is InChI=1S/C34H29F2N5O2/c1-17-18-6-8-19(9-7-18)31(17)40-30-15-27(38-33(41-30)24-16-37-32-23(24)13-21(35)14-25(32)36)20-10-11-22-29(12-20)43-28-5-3-2-4-26(28)39-34(22)42/h2-5,10-19,31,37H,6-9H2,1H3,(H,39,42)(H,38,40,41)/t17-,18?,19?,31+/m1/s1. The normalized spacial score (nSPS) is 22.3. The fourth-order valence-corrected chi connectivity index (χ4v) is 7.22. The zero-order chi connectivity index (χ0) is 29.2. The lowest BCUT2D eigenvalue weighted by molar-refractivity contribution is 0.0928. The van der Waals surface area contributed by atoms with Crippen LogP contribution >= 0.6 is 0 Å². The van der Waals surface area contributed by atoms with Crippen molar-refractivity contribution in [2.24, 2.45) is 17.8 Å². The van der Waals surface area contributed by atoms with Crippen LogP contribution in [0.4, 0.5) is 20.3 Å². The zero-order valence-corrected chi connectivity index (χ0v) is 23.5. The summed E-state index contributed by atoms with van der Waals surface area (Å²) < 4.78 is 35.1. The molecule has 0 radical (unpaired) electrons. The number of rotatable bonds is 4. The minimum Gasteiger partial charge on any atom is -0.454 e. The highest BCUT2D eigenvalue weighted by Crippen LogP contribution is 2.46. The van der Waals surface area contributed by atoms with Gasteiger partial charge >= 0.3 is 0 Å². The number of aromatic amines is 1. The molecule has 9 heteroatoms. The van der Waals surface area contributed by atoms with Gasteiger partial charge in [0.25, 0.3) is 5.91 Å². The third kappa shape index (κ3) is 4.42. The predicted molar refractivity (Wildman–Crippen MR) is 161 cm³/mol. The van der Waals surface area contributed by atoms with Crippen molar-refractivity contribution >= 4 is 28.3 Å². The Balaban J connectivity index is 1.25. The molecule has 2 aromatic heterocycles. The maximum absolute atomic E-state index is 14.6. The lowest BCUT2D eigenvalue weighted by Gasteiger charge is -2.47. The van der Waals surface area contributed by atoms with Crippen molar-refractivity contribution in [2.75, 3.05) is 10.6 Å². The molecule has 1 amide bonds. The van der Waals surface area contributed by atoms with E-state index in [9.17, 15) is 13.6 Å². The molecule has 3 heterocycles. The first-order valence-electron chi connectivity index (χ1n) is 14.8. The van der Waals surface area contributed by atoms with Gasteiger partial charge in [-0.1, -0.05) is 25.1 Å². The summed E-state index contributed by atoms with van der Waals surface area (Å²) in [5.41, 5.74) is 3.00. The van der Waals surface area contributed by atoms with Gasteiger partial charge < -0.3 is 20.4 Å². The summed E-state index contributed by atoms with van der Waals surface area (Å²) >= 11 is 0. The second-order valence-corrected chi connectivity index (χ2v) is 11.9. The molecule has 3 aliphatic carbocycles. The van der Waals surface area contributed by atoms with Crippen LogP contribution in [0.2, 0.25) is 0 Å². The molecule has 0 saturated heterocycles. The SMILES string of the molecule is C[C@@H]1C2CCC(CC2)[C@H]1Nc1cc(-c2ccc3c(c2)Oc2ccccc2NC3=O)nc(-c2c[nH]c3c(F)cc(F)cc23)n1. The molecule has 3 aromatic carbocycles. The van der Waals surface area contributed by atoms with Crippen molar-refractivity contribution in [3.05, 3.63) is 84.1 Å². The van der Waals surface area contributed by atoms with E-state index in [4.69, 9.17) is 14.7 Å². The topological polar surface area (TPSA) is 91.9 Å². The Morgan fingerprint density at radius 3 is 2.56 bits per heavy atom. The molecule has 4 aliphatic rings. The Morgan fingerprint density at radius 1 is 0.907 bits per heavy atom. The lowest BCUT2D eigenvalue weighted by Crippen LogP contribution is -2.47. The molecule has 0 unspecified atom stereocenters. The van der Waals surface area contributed by atoms with E-state index in [1.54, 1.807) is 30.5 Å². The molecule has 2 atom stereocenters. The Kier molecular flexibility index (Phi) is 5.96. The first kappa shape index (κ1) is 25.9. The summed E-state index contributed by atoms with van der Waals surface area (Å²) in [6.45, 7) is 2.31. The van der Waals surface area contributed by atoms with Crippen molar-refractivity contribution < 1.29 is 18.3 Å². The summed E-state index contributed by atoms with van der Waals surface area (Å²) in [5, 5.41) is 7.00. The van der Waals surface area contributed by atoms with E-state index in [1.165, 1.54) is 31.7 Å². The first-order valence-corrected chi connectivity index (χ1v) is 14.8. The second-order valence-electron chi connectivity index (χ2n) is 11.9. The third-order valence-corrected chi connectivity index (χ3v) is 9.50. The van der Waals surface area contributed by atoms with Crippen LogP contribution in [0.25, 0.3) is 33.5 Å². The van der Waals surface area contributed by atoms with Gasteiger partial charge in [-0.3, -0.25) is 4.79 Å². The van der Waals surface area contributed by atoms with Gasteiger partial charge in [0, 0.05) is 40.9 Å². The number of benzene rings is 3. The number of halogens is 2. The van der Waals surface area contributed by atoms with E-state index in [1.807, 2.05) is 24.3 Å². The molecule has 3 fully saturated rings. The number of hydrogen-bond acceptors (Lipinski definition) is 5. The molecule has 3 N–H and O–H groups in total. The van der Waals surface area contributed by atoms with Crippen molar-refractivity contribution in [1.29, 1.82) is 0 Å². The average Bonchev–Trinajstić information content (AvgIpc) is 3.38. The number of H-pyrrole nitrogens is 1. The molecular weight excluding hydrogens is 548 g/mol. The number of nitrogens with one attached hydrogen (secondary N) is 3. The van der Waals surface area contributed by atoms with Crippen molar-refractivity contribution in [1.82, 2.24) is 15.0 Å². The van der Waals surface area contributed by atoms with Gasteiger partial charge in [0.1, 0.15) is 23.2 Å². The number of amides is 1. The number of nitrogens with zero attached hydrogens (tertiary/aromatic N) is 2. The summed E-state index contributed by atoms with van der Waals surface area (Å²) in [5.74, 6) is 2.09. The van der Waals surface area contributed by atoms with Crippen LogP contribution in [0.15, 0.2) is 66.9 Å². The van der Waals surface area contributed by atoms with Crippen LogP contribution in [0.5, 0.6) is 11.5 Å². The third-order valence-electron chi connectivity index (χ3n) is 9.50. The van der Waals surface area contributed by atoms with E-state index in [0.29, 0.717) is 74.4 Å². The molecule has 7 nitrogen and oxygen atoms in total. The fraction of sp³-hybridized carbons (Fsp3) is 0.265. The van der Waals surface area contributed by atoms with E-state index in [-0.39, 0.29) is 17.5 Å². The highest BCUT2D eigenvalue weighted by atomic mass is 19.1. The van der Waals surface area contributed by atoms with Gasteiger partial charge in [0.2, 0.25) is 0 Å². The van der Waals surface area contributed by atoms with Gasteiger partial charge in [-0.25, -0.2) is 18.7 Å². The van der Waals surface area contributed by atoms with E-state index >= 15 is 0 Å². The summed E-state index contributed by atoms with van der Waals surface area (Å²) in [7, 11) is 0. The van der Waals surface area contributed by atoms with Crippen LogP contribution in [-0.4, -0.2) is 26.9 Å². The van der Waals surface area contributed by atoms with Gasteiger partial charge in [-0.05, 0) is 73.8 Å². The number of ether oxygens (including phenoxy) is 1. The summed E-state index contributed by atoms with van der Waals surface area (Å²) in [6.07, 6.45) is 6.54. The quantitative estimate of drug-likeness (QED) is 0.200. The van der Waals surface area contributed by atoms with Crippen molar-refractivity contribution in [2.45, 2.75) is 38.6 Å². The Bertz CT molecular complexity index is 1910. The molecule has 2 bridgehead atoms. The Morgan fingerprint density at radius 2 is 1.72 bits per heavy atom. The van der Waals surface area contributed by atoms with Gasteiger partial charge in [-0.2, -0.15) is 0 Å². The van der Waals surface area contributed by atoms with Crippen LogP contribution < -0.4 is 15.4 Å². The molecule has 3 saturated carbocycles. The van der Waals surface area contributed by atoms with Crippen LogP contribution in [0.1, 0.15) is 43.0 Å². The molecule has 216 valence electrons. The largest absolute Gasteiger partial charge is 0.454 e. The minimum absolute atomic E-state index is 0.196. The molecule has 9 rings (SSSR count). The molecule has 5 aromatic rings. The molecule has 1 aliphatic heterocycles. The highest BCUT2D eigenvalue weighted by molar-refractivity contribution is 6.08. The van der Waals surface area contributed by atoms with Gasteiger partial charge in [0.15, 0.2) is 11.6 Å². The van der Waals surface area contributed by atoms with E-state index in [2.05, 4.69) is 22.5 Å². The van der Waals surface area contributed by atoms with Crippen molar-refractivity contribution in [3.8, 4) is 34.1 Å². The highest BCUT2D eigenvalue weighted by Gasteiger charge is 2.41. The number of anilines is 2. The molecule has 43 heavy (non-hydrogen) atoms. The minimum atomic E-state index is -0.677.